The first-order chi connectivity index (χ1) is 7.72. The van der Waals surface area contributed by atoms with E-state index in [1.807, 2.05) is 7.05 Å². The van der Waals surface area contributed by atoms with Gasteiger partial charge in [0.05, 0.1) is 0 Å². The number of nitrogens with two attached hydrogens (primary N) is 1. The van der Waals surface area contributed by atoms with E-state index in [0.29, 0.717) is 18.9 Å². The van der Waals surface area contributed by atoms with Crippen LogP contribution in [0.3, 0.4) is 0 Å². The van der Waals surface area contributed by atoms with E-state index in [1.54, 1.807) is 12.1 Å². The van der Waals surface area contributed by atoms with Crippen LogP contribution in [0, 0.1) is 5.82 Å². The quantitative estimate of drug-likeness (QED) is 0.765. The van der Waals surface area contributed by atoms with E-state index in [-0.39, 0.29) is 5.82 Å². The first kappa shape index (κ1) is 12.9. The molecule has 2 N–H and O–H groups in total. The van der Waals surface area contributed by atoms with Crippen LogP contribution in [-0.4, -0.2) is 38.2 Å². The van der Waals surface area contributed by atoms with Gasteiger partial charge in [0, 0.05) is 6.54 Å². The SMILES string of the molecule is CN(CCCN)CCOc1ccc(F)cc1. The average molecular weight is 226 g/mol. The third kappa shape index (κ3) is 5.09. The fraction of sp³-hybridized carbons (Fsp3) is 0.500. The van der Waals surface area contributed by atoms with E-state index in [9.17, 15) is 4.39 Å². The second-order valence-corrected chi connectivity index (χ2v) is 3.75. The van der Waals surface area contributed by atoms with Gasteiger partial charge in [0.2, 0.25) is 0 Å². The highest BCUT2D eigenvalue weighted by atomic mass is 19.1. The van der Waals surface area contributed by atoms with Crippen LogP contribution in [0.4, 0.5) is 4.39 Å². The maximum Gasteiger partial charge on any atom is 0.123 e. The zero-order valence-electron chi connectivity index (χ0n) is 9.66. The molecule has 0 aliphatic heterocycles. The molecular formula is C12H19FN2O. The number of halogens is 1. The minimum absolute atomic E-state index is 0.243. The summed E-state index contributed by atoms with van der Waals surface area (Å²) in [6.45, 7) is 3.14. The predicted octanol–water partition coefficient (Wildman–Crippen LogP) is 1.49. The molecule has 0 bridgehead atoms. The molecule has 0 fully saturated rings. The summed E-state index contributed by atoms with van der Waals surface area (Å²) >= 11 is 0. The highest BCUT2D eigenvalue weighted by Crippen LogP contribution is 2.10. The van der Waals surface area contributed by atoms with Gasteiger partial charge in [0.25, 0.3) is 0 Å². The maximum atomic E-state index is 12.6. The van der Waals surface area contributed by atoms with Gasteiger partial charge < -0.3 is 15.4 Å². The van der Waals surface area contributed by atoms with Crippen LogP contribution in [0.15, 0.2) is 24.3 Å². The van der Waals surface area contributed by atoms with Crippen LogP contribution < -0.4 is 10.5 Å². The fourth-order valence-corrected chi connectivity index (χ4v) is 1.32. The molecule has 0 radical (unpaired) electrons. The molecule has 0 saturated heterocycles. The molecular weight excluding hydrogens is 207 g/mol. The van der Waals surface area contributed by atoms with E-state index in [1.165, 1.54) is 12.1 Å². The molecule has 0 aromatic heterocycles. The third-order valence-corrected chi connectivity index (χ3v) is 2.30. The van der Waals surface area contributed by atoms with Gasteiger partial charge in [-0.05, 0) is 50.8 Å². The highest BCUT2D eigenvalue weighted by molar-refractivity contribution is 5.21. The third-order valence-electron chi connectivity index (χ3n) is 2.30. The molecule has 90 valence electrons. The van der Waals surface area contributed by atoms with Crippen molar-refractivity contribution in [2.75, 3.05) is 33.3 Å². The Labute approximate surface area is 96.0 Å². The number of rotatable bonds is 7. The van der Waals surface area contributed by atoms with Gasteiger partial charge in [-0.1, -0.05) is 0 Å². The van der Waals surface area contributed by atoms with Crippen molar-refractivity contribution in [3.05, 3.63) is 30.1 Å². The molecule has 4 heteroatoms. The summed E-state index contributed by atoms with van der Waals surface area (Å²) in [5, 5.41) is 0. The standard InChI is InChI=1S/C12H19FN2O/c1-15(8-2-7-14)9-10-16-12-5-3-11(13)4-6-12/h3-6H,2,7-10,14H2,1H3. The molecule has 0 aliphatic rings. The van der Waals surface area contributed by atoms with Crippen LogP contribution >= 0.6 is 0 Å². The lowest BCUT2D eigenvalue weighted by Gasteiger charge is -2.16. The van der Waals surface area contributed by atoms with E-state index >= 15 is 0 Å². The summed E-state index contributed by atoms with van der Waals surface area (Å²) in [5.41, 5.74) is 5.42. The van der Waals surface area contributed by atoms with E-state index in [4.69, 9.17) is 10.5 Å². The van der Waals surface area contributed by atoms with Crippen molar-refractivity contribution in [2.24, 2.45) is 5.73 Å². The molecule has 0 heterocycles. The summed E-state index contributed by atoms with van der Waals surface area (Å²) in [4.78, 5) is 2.16. The second kappa shape index (κ2) is 7.19. The van der Waals surface area contributed by atoms with Gasteiger partial charge in [0.1, 0.15) is 18.2 Å². The summed E-state index contributed by atoms with van der Waals surface area (Å²) < 4.78 is 18.1. The van der Waals surface area contributed by atoms with Gasteiger partial charge in [-0.2, -0.15) is 0 Å². The molecule has 0 unspecified atom stereocenters. The van der Waals surface area contributed by atoms with E-state index in [2.05, 4.69) is 4.90 Å². The maximum absolute atomic E-state index is 12.6. The summed E-state index contributed by atoms with van der Waals surface area (Å²) in [7, 11) is 2.03. The lowest BCUT2D eigenvalue weighted by atomic mass is 10.3. The minimum Gasteiger partial charge on any atom is -0.492 e. The van der Waals surface area contributed by atoms with E-state index < -0.39 is 0 Å². The van der Waals surface area contributed by atoms with Crippen molar-refractivity contribution in [2.45, 2.75) is 6.42 Å². The smallest absolute Gasteiger partial charge is 0.123 e. The molecule has 0 atom stereocenters. The van der Waals surface area contributed by atoms with Crippen LogP contribution in [0.2, 0.25) is 0 Å². The number of hydrogen-bond donors (Lipinski definition) is 1. The van der Waals surface area contributed by atoms with Crippen molar-refractivity contribution >= 4 is 0 Å². The number of ether oxygens (including phenoxy) is 1. The Morgan fingerprint density at radius 2 is 1.94 bits per heavy atom. The van der Waals surface area contributed by atoms with Crippen molar-refractivity contribution in [3.63, 3.8) is 0 Å². The monoisotopic (exact) mass is 226 g/mol. The van der Waals surface area contributed by atoms with Gasteiger partial charge in [-0.25, -0.2) is 4.39 Å². The van der Waals surface area contributed by atoms with Gasteiger partial charge in [-0.3, -0.25) is 0 Å². The topological polar surface area (TPSA) is 38.5 Å². The normalized spacial score (nSPS) is 10.8. The summed E-state index contributed by atoms with van der Waals surface area (Å²) in [6.07, 6.45) is 0.993. The first-order valence-electron chi connectivity index (χ1n) is 5.49. The van der Waals surface area contributed by atoms with Crippen molar-refractivity contribution in [3.8, 4) is 5.75 Å². The Hall–Kier alpha value is -1.13. The van der Waals surface area contributed by atoms with Crippen LogP contribution in [0.25, 0.3) is 0 Å². The Morgan fingerprint density at radius 3 is 2.56 bits per heavy atom. The average Bonchev–Trinajstić information content (AvgIpc) is 2.29. The molecule has 16 heavy (non-hydrogen) atoms. The highest BCUT2D eigenvalue weighted by Gasteiger charge is 1.98. The molecule has 1 aromatic rings. The molecule has 0 amide bonds. The predicted molar refractivity (Wildman–Crippen MR) is 63.1 cm³/mol. The summed E-state index contributed by atoms with van der Waals surface area (Å²) in [6, 6.07) is 6.06. The molecule has 1 aromatic carbocycles. The number of hydrogen-bond acceptors (Lipinski definition) is 3. The Morgan fingerprint density at radius 1 is 1.25 bits per heavy atom. The lowest BCUT2D eigenvalue weighted by Crippen LogP contribution is -2.26. The Kier molecular flexibility index (Phi) is 5.82. The first-order valence-corrected chi connectivity index (χ1v) is 5.49. The lowest BCUT2D eigenvalue weighted by molar-refractivity contribution is 0.236. The van der Waals surface area contributed by atoms with Gasteiger partial charge in [-0.15, -0.1) is 0 Å². The molecule has 1 rings (SSSR count). The Balaban J connectivity index is 2.17. The van der Waals surface area contributed by atoms with Crippen molar-refractivity contribution < 1.29 is 9.13 Å². The molecule has 0 saturated carbocycles. The summed E-state index contributed by atoms with van der Waals surface area (Å²) in [5.74, 6) is 0.459. The largest absolute Gasteiger partial charge is 0.492 e. The minimum atomic E-state index is -0.243. The Bertz CT molecular complexity index is 290. The van der Waals surface area contributed by atoms with E-state index in [0.717, 1.165) is 19.5 Å². The number of likely N-dealkylation sites (N-methyl/N-ethyl adjacent to an activating group) is 1. The molecule has 0 spiro atoms. The van der Waals surface area contributed by atoms with Crippen LogP contribution in [0.5, 0.6) is 5.75 Å². The van der Waals surface area contributed by atoms with Crippen molar-refractivity contribution in [1.29, 1.82) is 0 Å². The van der Waals surface area contributed by atoms with Gasteiger partial charge in [0.15, 0.2) is 0 Å². The zero-order valence-corrected chi connectivity index (χ0v) is 9.66. The van der Waals surface area contributed by atoms with Crippen molar-refractivity contribution in [1.82, 2.24) is 4.90 Å². The van der Waals surface area contributed by atoms with Gasteiger partial charge >= 0.3 is 0 Å². The fourth-order valence-electron chi connectivity index (χ4n) is 1.32. The number of benzene rings is 1. The number of nitrogens with zero attached hydrogens (tertiary/aromatic N) is 1. The zero-order chi connectivity index (χ0) is 11.8. The van der Waals surface area contributed by atoms with Crippen LogP contribution in [-0.2, 0) is 0 Å². The molecule has 0 aliphatic carbocycles. The second-order valence-electron chi connectivity index (χ2n) is 3.75. The van der Waals surface area contributed by atoms with Crippen LogP contribution in [0.1, 0.15) is 6.42 Å². The molecule has 3 nitrogen and oxygen atoms in total.